The lowest BCUT2D eigenvalue weighted by Crippen LogP contribution is -2.37. The van der Waals surface area contributed by atoms with Gasteiger partial charge in [-0.25, -0.2) is 0 Å². The summed E-state index contributed by atoms with van der Waals surface area (Å²) in [5.41, 5.74) is 7.55. The molecule has 3 N–H and O–H groups in total. The third kappa shape index (κ3) is 4.21. The van der Waals surface area contributed by atoms with Crippen LogP contribution < -0.4 is 15.8 Å². The highest BCUT2D eigenvalue weighted by Crippen LogP contribution is 2.27. The number of hydrogen-bond donors (Lipinski definition) is 2. The molecular weight excluding hydrogens is 288 g/mol. The summed E-state index contributed by atoms with van der Waals surface area (Å²) in [5.74, 6) is 0.259. The maximum Gasteiger partial charge on any atom is 0.241 e. The molecule has 0 aliphatic rings. The molecule has 2 aromatic carbocycles. The van der Waals surface area contributed by atoms with Crippen molar-refractivity contribution >= 4 is 23.2 Å². The Labute approximate surface area is 128 Å². The van der Waals surface area contributed by atoms with Gasteiger partial charge in [0.15, 0.2) is 0 Å². The summed E-state index contributed by atoms with van der Waals surface area (Å²) in [7, 11) is 1.52. The van der Waals surface area contributed by atoms with E-state index in [-0.39, 0.29) is 5.91 Å². The van der Waals surface area contributed by atoms with Crippen LogP contribution in [0.4, 0.5) is 5.69 Å². The van der Waals surface area contributed by atoms with Crippen LogP contribution in [0.5, 0.6) is 5.75 Å². The van der Waals surface area contributed by atoms with Crippen LogP contribution in [0.2, 0.25) is 5.02 Å². The van der Waals surface area contributed by atoms with Gasteiger partial charge in [-0.05, 0) is 24.1 Å². The zero-order valence-electron chi connectivity index (χ0n) is 11.7. The smallest absolute Gasteiger partial charge is 0.241 e. The second-order valence-electron chi connectivity index (χ2n) is 4.63. The van der Waals surface area contributed by atoms with E-state index in [9.17, 15) is 4.79 Å². The molecule has 0 bridgehead atoms. The van der Waals surface area contributed by atoms with Crippen molar-refractivity contribution in [3.05, 3.63) is 59.1 Å². The fourth-order valence-corrected chi connectivity index (χ4v) is 2.13. The van der Waals surface area contributed by atoms with Crippen molar-refractivity contribution in [2.75, 3.05) is 12.4 Å². The number of nitrogens with two attached hydrogens (primary N) is 1. The molecule has 110 valence electrons. The van der Waals surface area contributed by atoms with Gasteiger partial charge < -0.3 is 15.8 Å². The molecule has 0 heterocycles. The quantitative estimate of drug-likeness (QED) is 0.892. The van der Waals surface area contributed by atoms with Crippen molar-refractivity contribution in [3.8, 4) is 5.75 Å². The number of amides is 1. The number of benzene rings is 2. The molecule has 1 atom stereocenters. The minimum atomic E-state index is -0.617. The zero-order chi connectivity index (χ0) is 15.2. The predicted octanol–water partition coefficient (Wildman–Crippen LogP) is 2.86. The van der Waals surface area contributed by atoms with E-state index < -0.39 is 6.04 Å². The van der Waals surface area contributed by atoms with E-state index in [0.29, 0.717) is 22.9 Å². The van der Waals surface area contributed by atoms with Gasteiger partial charge in [0.25, 0.3) is 0 Å². The van der Waals surface area contributed by atoms with E-state index in [4.69, 9.17) is 22.1 Å². The van der Waals surface area contributed by atoms with Crippen LogP contribution in [-0.2, 0) is 11.2 Å². The van der Waals surface area contributed by atoms with Gasteiger partial charge in [-0.1, -0.05) is 41.9 Å². The molecule has 2 rings (SSSR count). The number of rotatable bonds is 5. The Bertz CT molecular complexity index is 617. The molecule has 4 nitrogen and oxygen atoms in total. The van der Waals surface area contributed by atoms with E-state index in [1.54, 1.807) is 18.2 Å². The average Bonchev–Trinajstić information content (AvgIpc) is 2.50. The van der Waals surface area contributed by atoms with Crippen LogP contribution in [0.15, 0.2) is 48.5 Å². The zero-order valence-corrected chi connectivity index (χ0v) is 12.4. The van der Waals surface area contributed by atoms with Gasteiger partial charge >= 0.3 is 0 Å². The van der Waals surface area contributed by atoms with Gasteiger partial charge in [0.1, 0.15) is 5.75 Å². The van der Waals surface area contributed by atoms with E-state index >= 15 is 0 Å². The molecule has 5 heteroatoms. The summed E-state index contributed by atoms with van der Waals surface area (Å²) < 4.78 is 5.11. The molecule has 0 saturated carbocycles. The molecule has 2 aromatic rings. The van der Waals surface area contributed by atoms with Gasteiger partial charge in [0.2, 0.25) is 5.91 Å². The fraction of sp³-hybridized carbons (Fsp3) is 0.188. The Morgan fingerprint density at radius 3 is 2.67 bits per heavy atom. The minimum absolute atomic E-state index is 0.247. The Kier molecular flexibility index (Phi) is 5.20. The number of ether oxygens (including phenoxy) is 1. The molecule has 1 amide bonds. The monoisotopic (exact) mass is 304 g/mol. The third-order valence-corrected chi connectivity index (χ3v) is 3.37. The van der Waals surface area contributed by atoms with Crippen molar-refractivity contribution < 1.29 is 9.53 Å². The Balaban J connectivity index is 2.00. The number of nitrogens with one attached hydrogen (secondary N) is 1. The molecule has 0 saturated heterocycles. The summed E-state index contributed by atoms with van der Waals surface area (Å²) in [6.07, 6.45) is 0.484. The standard InChI is InChI=1S/C16H17ClN2O2/c1-21-15-10-12(7-8-13(15)17)19-16(20)14(18)9-11-5-3-2-4-6-11/h2-8,10,14H,9,18H2,1H3,(H,19,20)/t14-/m0/s1. The van der Waals surface area contributed by atoms with Crippen molar-refractivity contribution in [2.24, 2.45) is 5.73 Å². The van der Waals surface area contributed by atoms with Crippen LogP contribution in [0.3, 0.4) is 0 Å². The second kappa shape index (κ2) is 7.11. The van der Waals surface area contributed by atoms with Crippen molar-refractivity contribution in [3.63, 3.8) is 0 Å². The van der Waals surface area contributed by atoms with Crippen LogP contribution in [-0.4, -0.2) is 19.1 Å². The van der Waals surface area contributed by atoms with Crippen LogP contribution in [0.1, 0.15) is 5.56 Å². The van der Waals surface area contributed by atoms with Gasteiger partial charge in [-0.15, -0.1) is 0 Å². The maximum atomic E-state index is 12.1. The van der Waals surface area contributed by atoms with Gasteiger partial charge in [0.05, 0.1) is 18.2 Å². The van der Waals surface area contributed by atoms with Crippen molar-refractivity contribution in [2.45, 2.75) is 12.5 Å². The summed E-state index contributed by atoms with van der Waals surface area (Å²) in [4.78, 5) is 12.1. The molecule has 21 heavy (non-hydrogen) atoms. The van der Waals surface area contributed by atoms with Gasteiger partial charge in [-0.3, -0.25) is 4.79 Å². The molecule has 0 aromatic heterocycles. The molecule has 0 spiro atoms. The first-order chi connectivity index (χ1) is 10.1. The molecule has 0 fully saturated rings. The van der Waals surface area contributed by atoms with E-state index in [1.165, 1.54) is 7.11 Å². The second-order valence-corrected chi connectivity index (χ2v) is 5.04. The van der Waals surface area contributed by atoms with E-state index in [2.05, 4.69) is 5.32 Å². The normalized spacial score (nSPS) is 11.8. The highest BCUT2D eigenvalue weighted by Gasteiger charge is 2.14. The van der Waals surface area contributed by atoms with Gasteiger partial charge in [0, 0.05) is 11.8 Å². The summed E-state index contributed by atoms with van der Waals surface area (Å²) in [6, 6.07) is 14.1. The topological polar surface area (TPSA) is 64.3 Å². The molecule has 0 aliphatic carbocycles. The molecule has 0 aliphatic heterocycles. The largest absolute Gasteiger partial charge is 0.495 e. The SMILES string of the molecule is COc1cc(NC(=O)[C@@H](N)Cc2ccccc2)ccc1Cl. The predicted molar refractivity (Wildman–Crippen MR) is 84.8 cm³/mol. The molecule has 0 radical (unpaired) electrons. The van der Waals surface area contributed by atoms with E-state index in [1.807, 2.05) is 30.3 Å². The highest BCUT2D eigenvalue weighted by molar-refractivity contribution is 6.32. The maximum absolute atomic E-state index is 12.1. The number of hydrogen-bond acceptors (Lipinski definition) is 3. The lowest BCUT2D eigenvalue weighted by atomic mass is 10.1. The van der Waals surface area contributed by atoms with E-state index in [0.717, 1.165) is 5.56 Å². The van der Waals surface area contributed by atoms with Crippen molar-refractivity contribution in [1.82, 2.24) is 0 Å². The Morgan fingerprint density at radius 2 is 2.00 bits per heavy atom. The number of carbonyl (C=O) groups is 1. The number of anilines is 1. The Hall–Kier alpha value is -2.04. The fourth-order valence-electron chi connectivity index (χ4n) is 1.93. The average molecular weight is 305 g/mol. The lowest BCUT2D eigenvalue weighted by molar-refractivity contribution is -0.117. The first-order valence-electron chi connectivity index (χ1n) is 6.54. The minimum Gasteiger partial charge on any atom is -0.495 e. The first kappa shape index (κ1) is 15.4. The first-order valence-corrected chi connectivity index (χ1v) is 6.92. The number of methoxy groups -OCH3 is 1. The highest BCUT2D eigenvalue weighted by atomic mass is 35.5. The molecule has 0 unspecified atom stereocenters. The van der Waals surface area contributed by atoms with Crippen LogP contribution in [0, 0.1) is 0 Å². The number of carbonyl (C=O) groups excluding carboxylic acids is 1. The Morgan fingerprint density at radius 1 is 1.29 bits per heavy atom. The summed E-state index contributed by atoms with van der Waals surface area (Å²) >= 11 is 5.94. The van der Waals surface area contributed by atoms with Crippen LogP contribution in [0.25, 0.3) is 0 Å². The lowest BCUT2D eigenvalue weighted by Gasteiger charge is -2.13. The summed E-state index contributed by atoms with van der Waals surface area (Å²) in [5, 5.41) is 3.25. The molecular formula is C16H17ClN2O2. The van der Waals surface area contributed by atoms with Crippen LogP contribution >= 0.6 is 11.6 Å². The van der Waals surface area contributed by atoms with Crippen molar-refractivity contribution in [1.29, 1.82) is 0 Å². The number of halogens is 1. The van der Waals surface area contributed by atoms with Gasteiger partial charge in [-0.2, -0.15) is 0 Å². The summed E-state index contributed by atoms with van der Waals surface area (Å²) in [6.45, 7) is 0. The third-order valence-electron chi connectivity index (χ3n) is 3.05.